The van der Waals surface area contributed by atoms with Gasteiger partial charge in [-0.3, -0.25) is 24.6 Å². The lowest BCUT2D eigenvalue weighted by Crippen LogP contribution is -2.34. The summed E-state index contributed by atoms with van der Waals surface area (Å²) >= 11 is 0. The number of nitro benzene ring substituents is 1. The minimum Gasteiger partial charge on any atom is -0.365 e. The van der Waals surface area contributed by atoms with Gasteiger partial charge in [0.25, 0.3) is 17.5 Å². The van der Waals surface area contributed by atoms with Crippen molar-refractivity contribution in [2.24, 2.45) is 0 Å². The van der Waals surface area contributed by atoms with E-state index in [0.717, 1.165) is 24.8 Å². The van der Waals surface area contributed by atoms with E-state index in [1.807, 2.05) is 30.3 Å². The zero-order chi connectivity index (χ0) is 21.7. The molecule has 0 aromatic heterocycles. The van der Waals surface area contributed by atoms with Crippen molar-refractivity contribution in [2.45, 2.75) is 32.7 Å². The van der Waals surface area contributed by atoms with Crippen molar-refractivity contribution in [3.05, 3.63) is 81.5 Å². The molecular weight excluding hydrogens is 382 g/mol. The average Bonchev–Trinajstić information content (AvgIpc) is 2.99. The third-order valence-electron chi connectivity index (χ3n) is 5.14. The van der Waals surface area contributed by atoms with Gasteiger partial charge in [-0.2, -0.15) is 0 Å². The first kappa shape index (κ1) is 21.2. The van der Waals surface area contributed by atoms with E-state index in [4.69, 9.17) is 0 Å². The number of unbranched alkanes of at least 4 members (excludes halogenated alkanes) is 2. The average molecular weight is 407 g/mol. The van der Waals surface area contributed by atoms with Gasteiger partial charge in [0, 0.05) is 32.3 Å². The molecular formula is C23H25N3O4. The Morgan fingerprint density at radius 1 is 0.967 bits per heavy atom. The molecule has 3 rings (SSSR count). The first-order valence-corrected chi connectivity index (χ1v) is 10.0. The van der Waals surface area contributed by atoms with Gasteiger partial charge in [0.1, 0.15) is 5.70 Å². The lowest BCUT2D eigenvalue weighted by Gasteiger charge is -2.21. The van der Waals surface area contributed by atoms with Crippen LogP contribution in [-0.4, -0.2) is 40.1 Å². The predicted octanol–water partition coefficient (Wildman–Crippen LogP) is 4.00. The Balaban J connectivity index is 1.98. The van der Waals surface area contributed by atoms with Crippen molar-refractivity contribution in [1.29, 1.82) is 0 Å². The Bertz CT molecular complexity index is 968. The number of amides is 2. The molecule has 0 N–H and O–H groups in total. The molecule has 1 aliphatic rings. The molecule has 1 heterocycles. The van der Waals surface area contributed by atoms with E-state index in [2.05, 4.69) is 6.92 Å². The van der Waals surface area contributed by atoms with Crippen LogP contribution in [0.25, 0.3) is 5.57 Å². The molecule has 0 saturated carbocycles. The number of benzene rings is 2. The minimum absolute atomic E-state index is 0.0601. The van der Waals surface area contributed by atoms with E-state index in [-0.39, 0.29) is 17.5 Å². The molecule has 30 heavy (non-hydrogen) atoms. The zero-order valence-corrected chi connectivity index (χ0v) is 17.2. The third kappa shape index (κ3) is 4.40. The van der Waals surface area contributed by atoms with Gasteiger partial charge in [0.2, 0.25) is 0 Å². The summed E-state index contributed by atoms with van der Waals surface area (Å²) in [7, 11) is 1.79. The Morgan fingerprint density at radius 3 is 2.23 bits per heavy atom. The Hall–Kier alpha value is -3.48. The molecule has 0 saturated heterocycles. The predicted molar refractivity (Wildman–Crippen MR) is 114 cm³/mol. The highest BCUT2D eigenvalue weighted by Crippen LogP contribution is 2.32. The number of non-ortho nitro benzene ring substituents is 1. The number of carbonyl (C=O) groups is 2. The molecule has 156 valence electrons. The van der Waals surface area contributed by atoms with Crippen LogP contribution >= 0.6 is 0 Å². The van der Waals surface area contributed by atoms with Crippen molar-refractivity contribution in [3.8, 4) is 0 Å². The smallest absolute Gasteiger partial charge is 0.277 e. The normalized spacial score (nSPS) is 13.9. The summed E-state index contributed by atoms with van der Waals surface area (Å²) in [5.74, 6) is -0.664. The molecule has 2 amide bonds. The highest BCUT2D eigenvalue weighted by atomic mass is 16.6. The van der Waals surface area contributed by atoms with E-state index in [1.54, 1.807) is 11.9 Å². The van der Waals surface area contributed by atoms with Crippen molar-refractivity contribution in [2.75, 3.05) is 13.6 Å². The molecule has 0 aliphatic carbocycles. The molecule has 2 aromatic rings. The monoisotopic (exact) mass is 407 g/mol. The van der Waals surface area contributed by atoms with Crippen molar-refractivity contribution < 1.29 is 14.5 Å². The maximum Gasteiger partial charge on any atom is 0.277 e. The number of rotatable bonds is 9. The maximum absolute atomic E-state index is 13.2. The second kappa shape index (κ2) is 9.35. The largest absolute Gasteiger partial charge is 0.365 e. The number of hydrogen-bond acceptors (Lipinski definition) is 5. The standard InChI is InChI=1S/C23H25N3O4/c1-3-4-8-15-25-22(27)20(18-11-13-19(14-12-18)26(29)30)21(23(25)28)24(2)16-17-9-6-5-7-10-17/h5-7,9-14H,3-4,8,15-16H2,1-2H3. The number of hydrogen-bond donors (Lipinski definition) is 0. The molecule has 1 aliphatic heterocycles. The van der Waals surface area contributed by atoms with Gasteiger partial charge in [-0.15, -0.1) is 0 Å². The van der Waals surface area contributed by atoms with Crippen LogP contribution in [-0.2, 0) is 16.1 Å². The van der Waals surface area contributed by atoms with Crippen molar-refractivity contribution in [1.82, 2.24) is 9.80 Å². The van der Waals surface area contributed by atoms with Crippen molar-refractivity contribution in [3.63, 3.8) is 0 Å². The van der Waals surface area contributed by atoms with Crippen LogP contribution in [0.3, 0.4) is 0 Å². The van der Waals surface area contributed by atoms with Crippen molar-refractivity contribution >= 4 is 23.1 Å². The lowest BCUT2D eigenvalue weighted by atomic mass is 10.0. The number of likely N-dealkylation sites (N-methyl/N-ethyl adjacent to an activating group) is 1. The van der Waals surface area contributed by atoms with Crippen LogP contribution in [0.15, 0.2) is 60.3 Å². The number of nitro groups is 1. The van der Waals surface area contributed by atoms with E-state index in [1.165, 1.54) is 29.2 Å². The first-order chi connectivity index (χ1) is 14.4. The van der Waals surface area contributed by atoms with E-state index in [0.29, 0.717) is 29.9 Å². The summed E-state index contributed by atoms with van der Waals surface area (Å²) in [5, 5.41) is 11.0. The Labute approximate surface area is 175 Å². The second-order valence-electron chi connectivity index (χ2n) is 7.34. The molecule has 7 nitrogen and oxygen atoms in total. The fourth-order valence-electron chi connectivity index (χ4n) is 3.59. The van der Waals surface area contributed by atoms with Gasteiger partial charge in [0.05, 0.1) is 10.5 Å². The van der Waals surface area contributed by atoms with Gasteiger partial charge in [-0.05, 0) is 29.7 Å². The topological polar surface area (TPSA) is 83.8 Å². The van der Waals surface area contributed by atoms with E-state index in [9.17, 15) is 19.7 Å². The molecule has 0 spiro atoms. The highest BCUT2D eigenvalue weighted by Gasteiger charge is 2.40. The van der Waals surface area contributed by atoms with E-state index >= 15 is 0 Å². The summed E-state index contributed by atoms with van der Waals surface area (Å²) in [6.45, 7) is 2.90. The molecule has 2 aromatic carbocycles. The summed E-state index contributed by atoms with van der Waals surface area (Å²) in [6.07, 6.45) is 2.66. The second-order valence-corrected chi connectivity index (χ2v) is 7.34. The quantitative estimate of drug-likeness (QED) is 0.272. The highest BCUT2D eigenvalue weighted by molar-refractivity contribution is 6.35. The summed E-state index contributed by atoms with van der Waals surface area (Å²) in [6, 6.07) is 15.5. The molecule has 0 fully saturated rings. The Kier molecular flexibility index (Phi) is 6.61. The number of nitrogens with zero attached hydrogens (tertiary/aromatic N) is 3. The van der Waals surface area contributed by atoms with Gasteiger partial charge in [0.15, 0.2) is 0 Å². The molecule has 0 atom stereocenters. The minimum atomic E-state index is -0.487. The first-order valence-electron chi connectivity index (χ1n) is 10.0. The number of carbonyl (C=O) groups excluding carboxylic acids is 2. The van der Waals surface area contributed by atoms with Gasteiger partial charge < -0.3 is 4.90 Å². The summed E-state index contributed by atoms with van der Waals surface area (Å²) in [5.41, 5.74) is 2.08. The van der Waals surface area contributed by atoms with Crippen LogP contribution in [0, 0.1) is 10.1 Å². The van der Waals surface area contributed by atoms with Crippen LogP contribution in [0.2, 0.25) is 0 Å². The third-order valence-corrected chi connectivity index (χ3v) is 5.14. The fraction of sp³-hybridized carbons (Fsp3) is 0.304. The Morgan fingerprint density at radius 2 is 1.63 bits per heavy atom. The van der Waals surface area contributed by atoms with Gasteiger partial charge >= 0.3 is 0 Å². The summed E-state index contributed by atoms with van der Waals surface area (Å²) in [4.78, 5) is 40.0. The molecule has 7 heteroatoms. The maximum atomic E-state index is 13.2. The van der Waals surface area contributed by atoms with Crippen LogP contribution < -0.4 is 0 Å². The van der Waals surface area contributed by atoms with Crippen LogP contribution in [0.1, 0.15) is 37.3 Å². The van der Waals surface area contributed by atoms with Gasteiger partial charge in [-0.25, -0.2) is 0 Å². The van der Waals surface area contributed by atoms with Crippen LogP contribution in [0.5, 0.6) is 0 Å². The lowest BCUT2D eigenvalue weighted by molar-refractivity contribution is -0.384. The molecule has 0 radical (unpaired) electrons. The number of imide groups is 1. The summed E-state index contributed by atoms with van der Waals surface area (Å²) < 4.78 is 0. The molecule has 0 unspecified atom stereocenters. The SMILES string of the molecule is CCCCCN1C(=O)C(c2ccc([N+](=O)[O-])cc2)=C(N(C)Cc2ccccc2)C1=O. The van der Waals surface area contributed by atoms with Crippen LogP contribution in [0.4, 0.5) is 5.69 Å². The zero-order valence-electron chi connectivity index (χ0n) is 17.2. The van der Waals surface area contributed by atoms with E-state index < -0.39 is 4.92 Å². The van der Waals surface area contributed by atoms with Gasteiger partial charge in [-0.1, -0.05) is 50.1 Å². The molecule has 0 bridgehead atoms. The fourth-order valence-corrected chi connectivity index (χ4v) is 3.59.